The van der Waals surface area contributed by atoms with E-state index in [0.717, 1.165) is 23.9 Å². The van der Waals surface area contributed by atoms with Crippen molar-refractivity contribution in [1.29, 1.82) is 0 Å². The highest BCUT2D eigenvalue weighted by atomic mass is 15.2. The molecule has 2 nitrogen and oxygen atoms in total. The number of nitrogens with zero attached hydrogens (tertiary/aromatic N) is 1. The highest BCUT2D eigenvalue weighted by Gasteiger charge is 2.44. The molecular weight excluding hydrogens is 220 g/mol. The van der Waals surface area contributed by atoms with Gasteiger partial charge in [-0.3, -0.25) is 4.90 Å². The maximum Gasteiger partial charge on any atom is 0.0179 e. The monoisotopic (exact) mass is 242 g/mol. The van der Waals surface area contributed by atoms with Crippen LogP contribution in [0.4, 0.5) is 0 Å². The molecule has 1 N–H and O–H groups in total. The molecule has 96 valence electrons. The third kappa shape index (κ3) is 1.55. The highest BCUT2D eigenvalue weighted by Crippen LogP contribution is 2.37. The van der Waals surface area contributed by atoms with Crippen LogP contribution in [0.2, 0.25) is 0 Å². The first kappa shape index (κ1) is 11.0. The summed E-state index contributed by atoms with van der Waals surface area (Å²) in [4.78, 5) is 2.80. The Morgan fingerprint density at radius 1 is 1.11 bits per heavy atom. The van der Waals surface area contributed by atoms with E-state index in [2.05, 4.69) is 41.4 Å². The topological polar surface area (TPSA) is 15.3 Å². The first-order valence-corrected chi connectivity index (χ1v) is 7.36. The summed E-state index contributed by atoms with van der Waals surface area (Å²) >= 11 is 0. The van der Waals surface area contributed by atoms with Gasteiger partial charge in [0, 0.05) is 18.6 Å². The lowest BCUT2D eigenvalue weighted by atomic mass is 9.95. The summed E-state index contributed by atoms with van der Waals surface area (Å²) in [5.74, 6) is 1.80. The van der Waals surface area contributed by atoms with Crippen LogP contribution in [0.3, 0.4) is 0 Å². The Bertz CT molecular complexity index is 431. The third-order valence-electron chi connectivity index (χ3n) is 5.48. The molecule has 3 aliphatic rings. The minimum atomic E-state index is 0.767. The molecule has 3 atom stereocenters. The Morgan fingerprint density at radius 3 is 2.50 bits per heavy atom. The van der Waals surface area contributed by atoms with E-state index < -0.39 is 0 Å². The Morgan fingerprint density at radius 2 is 1.83 bits per heavy atom. The molecule has 3 unspecified atom stereocenters. The lowest BCUT2D eigenvalue weighted by molar-refractivity contribution is 0.174. The average molecular weight is 242 g/mol. The van der Waals surface area contributed by atoms with E-state index in [4.69, 9.17) is 0 Å². The van der Waals surface area contributed by atoms with Crippen molar-refractivity contribution in [2.75, 3.05) is 19.6 Å². The Hall–Kier alpha value is -0.860. The molecule has 18 heavy (non-hydrogen) atoms. The lowest BCUT2D eigenvalue weighted by Gasteiger charge is -2.30. The maximum absolute atomic E-state index is 3.56. The minimum absolute atomic E-state index is 0.767. The summed E-state index contributed by atoms with van der Waals surface area (Å²) in [5.41, 5.74) is 3.18. The summed E-state index contributed by atoms with van der Waals surface area (Å²) in [7, 11) is 0. The van der Waals surface area contributed by atoms with Gasteiger partial charge in [-0.05, 0) is 55.8 Å². The largest absolute Gasteiger partial charge is 0.316 e. The molecule has 0 amide bonds. The van der Waals surface area contributed by atoms with Gasteiger partial charge in [0.1, 0.15) is 0 Å². The van der Waals surface area contributed by atoms with Gasteiger partial charge < -0.3 is 5.32 Å². The van der Waals surface area contributed by atoms with Gasteiger partial charge in [-0.1, -0.05) is 24.3 Å². The van der Waals surface area contributed by atoms with Crippen molar-refractivity contribution >= 4 is 0 Å². The zero-order valence-electron chi connectivity index (χ0n) is 11.1. The average Bonchev–Trinajstić information content (AvgIpc) is 3.04. The maximum atomic E-state index is 3.56. The fraction of sp³-hybridized carbons (Fsp3) is 0.625. The number of fused-ring (bicyclic) bond motifs is 2. The molecule has 0 saturated carbocycles. The van der Waals surface area contributed by atoms with E-state index in [0.29, 0.717) is 0 Å². The second-order valence-electron chi connectivity index (χ2n) is 6.35. The van der Waals surface area contributed by atoms with Crippen LogP contribution in [0.1, 0.15) is 18.1 Å². The second-order valence-corrected chi connectivity index (χ2v) is 6.35. The standard InChI is InChI=1S/C16H22N2/c1-11-16-9-17-8-14(16)10-18(11)15-6-12-4-2-3-5-13(12)7-15/h2-5,11,14-17H,6-10H2,1H3. The van der Waals surface area contributed by atoms with Crippen LogP contribution in [0, 0.1) is 11.8 Å². The summed E-state index contributed by atoms with van der Waals surface area (Å²) in [6.07, 6.45) is 2.54. The Labute approximate surface area is 109 Å². The van der Waals surface area contributed by atoms with Crippen LogP contribution in [-0.2, 0) is 12.8 Å². The third-order valence-corrected chi connectivity index (χ3v) is 5.48. The van der Waals surface area contributed by atoms with Crippen molar-refractivity contribution in [2.24, 2.45) is 11.8 Å². The van der Waals surface area contributed by atoms with E-state index in [9.17, 15) is 0 Å². The van der Waals surface area contributed by atoms with Gasteiger partial charge in [-0.2, -0.15) is 0 Å². The number of likely N-dealkylation sites (tertiary alicyclic amines) is 1. The van der Waals surface area contributed by atoms with Gasteiger partial charge in [0.2, 0.25) is 0 Å². The van der Waals surface area contributed by atoms with Gasteiger partial charge in [0.25, 0.3) is 0 Å². The predicted molar refractivity (Wildman–Crippen MR) is 73.7 cm³/mol. The molecule has 0 radical (unpaired) electrons. The summed E-state index contributed by atoms with van der Waals surface area (Å²) in [6.45, 7) is 6.24. The van der Waals surface area contributed by atoms with E-state index >= 15 is 0 Å². The minimum Gasteiger partial charge on any atom is -0.316 e. The molecule has 0 spiro atoms. The van der Waals surface area contributed by atoms with E-state index in [1.54, 1.807) is 11.1 Å². The molecular formula is C16H22N2. The van der Waals surface area contributed by atoms with Gasteiger partial charge in [0.05, 0.1) is 0 Å². The molecule has 0 aromatic heterocycles. The number of benzene rings is 1. The second kappa shape index (κ2) is 4.07. The molecule has 2 saturated heterocycles. The number of nitrogens with one attached hydrogen (secondary N) is 1. The van der Waals surface area contributed by atoms with Crippen LogP contribution in [0.25, 0.3) is 0 Å². The van der Waals surface area contributed by atoms with Crippen LogP contribution < -0.4 is 5.32 Å². The molecule has 1 aliphatic carbocycles. The fourth-order valence-electron chi connectivity index (χ4n) is 4.45. The first-order valence-electron chi connectivity index (χ1n) is 7.36. The smallest absolute Gasteiger partial charge is 0.0179 e. The van der Waals surface area contributed by atoms with Crippen molar-refractivity contribution in [3.8, 4) is 0 Å². The van der Waals surface area contributed by atoms with Crippen molar-refractivity contribution in [2.45, 2.75) is 31.8 Å². The van der Waals surface area contributed by atoms with Crippen LogP contribution in [0.15, 0.2) is 24.3 Å². The zero-order chi connectivity index (χ0) is 12.1. The van der Waals surface area contributed by atoms with Crippen molar-refractivity contribution < 1.29 is 0 Å². The number of rotatable bonds is 1. The summed E-state index contributed by atoms with van der Waals surface area (Å²) in [5, 5.41) is 3.56. The molecule has 2 aliphatic heterocycles. The quantitative estimate of drug-likeness (QED) is 0.806. The van der Waals surface area contributed by atoms with Crippen LogP contribution in [0.5, 0.6) is 0 Å². The molecule has 1 aromatic carbocycles. The predicted octanol–water partition coefficient (Wildman–Crippen LogP) is 1.69. The van der Waals surface area contributed by atoms with E-state index in [1.807, 2.05) is 0 Å². The molecule has 2 fully saturated rings. The fourth-order valence-corrected chi connectivity index (χ4v) is 4.45. The molecule has 4 rings (SSSR count). The van der Waals surface area contributed by atoms with Crippen LogP contribution in [-0.4, -0.2) is 36.6 Å². The Kier molecular flexibility index (Phi) is 2.49. The molecule has 1 aromatic rings. The zero-order valence-corrected chi connectivity index (χ0v) is 11.1. The SMILES string of the molecule is CC1C2CNCC2CN1C1Cc2ccccc2C1. The normalized spacial score (nSPS) is 35.9. The number of hydrogen-bond acceptors (Lipinski definition) is 2. The van der Waals surface area contributed by atoms with Crippen molar-refractivity contribution in [3.63, 3.8) is 0 Å². The van der Waals surface area contributed by atoms with Crippen molar-refractivity contribution in [3.05, 3.63) is 35.4 Å². The molecule has 2 heteroatoms. The van der Waals surface area contributed by atoms with Gasteiger partial charge in [0.15, 0.2) is 0 Å². The van der Waals surface area contributed by atoms with Gasteiger partial charge in [-0.25, -0.2) is 0 Å². The lowest BCUT2D eigenvalue weighted by Crippen LogP contribution is -2.41. The number of hydrogen-bond donors (Lipinski definition) is 1. The molecule has 0 bridgehead atoms. The summed E-state index contributed by atoms with van der Waals surface area (Å²) in [6, 6.07) is 10.5. The summed E-state index contributed by atoms with van der Waals surface area (Å²) < 4.78 is 0. The Balaban J connectivity index is 1.53. The van der Waals surface area contributed by atoms with Crippen molar-refractivity contribution in [1.82, 2.24) is 10.2 Å². The first-order chi connectivity index (χ1) is 8.83. The van der Waals surface area contributed by atoms with Crippen LogP contribution >= 0.6 is 0 Å². The van der Waals surface area contributed by atoms with E-state index in [-0.39, 0.29) is 0 Å². The van der Waals surface area contributed by atoms with E-state index in [1.165, 1.54) is 32.5 Å². The van der Waals surface area contributed by atoms with Gasteiger partial charge in [-0.15, -0.1) is 0 Å². The van der Waals surface area contributed by atoms with Gasteiger partial charge >= 0.3 is 0 Å². The highest BCUT2D eigenvalue weighted by molar-refractivity contribution is 5.33. The molecule has 2 heterocycles.